The Kier molecular flexibility index (Phi) is 6.22. The number of nitrogens with zero attached hydrogens (tertiary/aromatic N) is 4. The number of benzene rings is 1. The zero-order valence-corrected chi connectivity index (χ0v) is 17.4. The minimum Gasteiger partial charge on any atom is -0.384 e. The summed E-state index contributed by atoms with van der Waals surface area (Å²) >= 11 is 0. The van der Waals surface area contributed by atoms with Gasteiger partial charge in [0.05, 0.1) is 11.2 Å². The van der Waals surface area contributed by atoms with E-state index in [1.807, 2.05) is 12.3 Å². The highest BCUT2D eigenvalue weighted by molar-refractivity contribution is 5.93. The fourth-order valence-electron chi connectivity index (χ4n) is 3.71. The molecule has 6 heteroatoms. The minimum absolute atomic E-state index is 0.936. The second-order valence-corrected chi connectivity index (χ2v) is 7.80. The third-order valence-electron chi connectivity index (χ3n) is 5.30. The fourth-order valence-corrected chi connectivity index (χ4v) is 3.71. The zero-order chi connectivity index (χ0) is 20.1. The van der Waals surface area contributed by atoms with E-state index < -0.39 is 0 Å². The lowest BCUT2D eigenvalue weighted by atomic mass is 10.1. The Bertz CT molecular complexity index is 932. The lowest BCUT2D eigenvalue weighted by Crippen LogP contribution is -2.43. The molecule has 0 unspecified atom stereocenters. The first-order valence-corrected chi connectivity index (χ1v) is 10.4. The van der Waals surface area contributed by atoms with E-state index in [1.54, 1.807) is 0 Å². The SMILES string of the molecule is CN(C)CCCNc1cc(-c2ccc(N3CCNCC3)nc2)nc2ccccc12. The summed E-state index contributed by atoms with van der Waals surface area (Å²) in [7, 11) is 4.22. The number of fused-ring (bicyclic) bond motifs is 1. The number of rotatable bonds is 7. The van der Waals surface area contributed by atoms with Gasteiger partial charge in [-0.3, -0.25) is 0 Å². The molecule has 0 saturated carbocycles. The fraction of sp³-hybridized carbons (Fsp3) is 0.391. The standard InChI is InChI=1S/C23H30N6/c1-28(2)13-5-10-25-22-16-21(27-20-7-4-3-6-19(20)22)18-8-9-23(26-17-18)29-14-11-24-12-15-29/h3-4,6-9,16-17,24H,5,10-15H2,1-2H3,(H,25,27). The van der Waals surface area contributed by atoms with Gasteiger partial charge >= 0.3 is 0 Å². The van der Waals surface area contributed by atoms with Crippen LogP contribution in [0.15, 0.2) is 48.7 Å². The maximum Gasteiger partial charge on any atom is 0.128 e. The summed E-state index contributed by atoms with van der Waals surface area (Å²) in [4.78, 5) is 14.1. The average molecular weight is 391 g/mol. The van der Waals surface area contributed by atoms with Crippen molar-refractivity contribution in [2.45, 2.75) is 6.42 Å². The summed E-state index contributed by atoms with van der Waals surface area (Å²) < 4.78 is 0. The Morgan fingerprint density at radius 3 is 2.69 bits per heavy atom. The number of nitrogens with one attached hydrogen (secondary N) is 2. The molecule has 6 nitrogen and oxygen atoms in total. The Labute approximate surface area is 173 Å². The molecule has 1 fully saturated rings. The molecule has 0 radical (unpaired) electrons. The van der Waals surface area contributed by atoms with Crippen molar-refractivity contribution < 1.29 is 0 Å². The maximum atomic E-state index is 4.89. The zero-order valence-electron chi connectivity index (χ0n) is 17.4. The highest BCUT2D eigenvalue weighted by atomic mass is 15.2. The van der Waals surface area contributed by atoms with Crippen molar-refractivity contribution in [3.63, 3.8) is 0 Å². The summed E-state index contributed by atoms with van der Waals surface area (Å²) in [6, 6.07) is 14.7. The smallest absolute Gasteiger partial charge is 0.128 e. The van der Waals surface area contributed by atoms with Crippen molar-refractivity contribution in [2.24, 2.45) is 0 Å². The summed E-state index contributed by atoms with van der Waals surface area (Å²) in [6.45, 7) is 6.03. The van der Waals surface area contributed by atoms with Crippen LogP contribution < -0.4 is 15.5 Å². The Morgan fingerprint density at radius 1 is 1.10 bits per heavy atom. The number of piperazine rings is 1. The number of hydrogen-bond donors (Lipinski definition) is 2. The van der Waals surface area contributed by atoms with E-state index in [0.29, 0.717) is 0 Å². The van der Waals surface area contributed by atoms with E-state index >= 15 is 0 Å². The third-order valence-corrected chi connectivity index (χ3v) is 5.30. The maximum absolute atomic E-state index is 4.89. The van der Waals surface area contributed by atoms with Crippen LogP contribution in [0.4, 0.5) is 11.5 Å². The Balaban J connectivity index is 1.58. The van der Waals surface area contributed by atoms with E-state index in [9.17, 15) is 0 Å². The van der Waals surface area contributed by atoms with E-state index in [0.717, 1.165) is 79.4 Å². The van der Waals surface area contributed by atoms with Crippen molar-refractivity contribution in [2.75, 3.05) is 63.6 Å². The molecule has 152 valence electrons. The van der Waals surface area contributed by atoms with Crippen LogP contribution in [0.1, 0.15) is 6.42 Å². The summed E-state index contributed by atoms with van der Waals surface area (Å²) in [5.74, 6) is 1.04. The van der Waals surface area contributed by atoms with Crippen molar-refractivity contribution in [3.8, 4) is 11.3 Å². The van der Waals surface area contributed by atoms with Crippen LogP contribution in [0.25, 0.3) is 22.2 Å². The molecule has 1 aromatic carbocycles. The van der Waals surface area contributed by atoms with Crippen molar-refractivity contribution in [3.05, 3.63) is 48.7 Å². The molecule has 1 aliphatic rings. The largest absolute Gasteiger partial charge is 0.384 e. The van der Waals surface area contributed by atoms with Gasteiger partial charge in [0.25, 0.3) is 0 Å². The van der Waals surface area contributed by atoms with Crippen LogP contribution in [0.3, 0.4) is 0 Å². The lowest BCUT2D eigenvalue weighted by molar-refractivity contribution is 0.405. The summed E-state index contributed by atoms with van der Waals surface area (Å²) in [5.41, 5.74) is 4.14. The highest BCUT2D eigenvalue weighted by Crippen LogP contribution is 2.28. The van der Waals surface area contributed by atoms with Crippen LogP contribution in [0.2, 0.25) is 0 Å². The van der Waals surface area contributed by atoms with Crippen LogP contribution in [0.5, 0.6) is 0 Å². The van der Waals surface area contributed by atoms with Crippen molar-refractivity contribution in [1.82, 2.24) is 20.2 Å². The van der Waals surface area contributed by atoms with E-state index in [2.05, 4.69) is 70.9 Å². The first kappa shape index (κ1) is 19.6. The molecule has 0 bridgehead atoms. The van der Waals surface area contributed by atoms with Gasteiger partial charge in [-0.15, -0.1) is 0 Å². The summed E-state index contributed by atoms with van der Waals surface area (Å²) in [5, 5.41) is 8.16. The molecule has 3 heterocycles. The predicted octanol–water partition coefficient (Wildman–Crippen LogP) is 3.07. The van der Waals surface area contributed by atoms with Crippen LogP contribution in [-0.2, 0) is 0 Å². The molecule has 2 aromatic heterocycles. The molecule has 0 atom stereocenters. The second kappa shape index (κ2) is 9.20. The first-order chi connectivity index (χ1) is 14.2. The second-order valence-electron chi connectivity index (χ2n) is 7.80. The van der Waals surface area contributed by atoms with Gasteiger partial charge in [0, 0.05) is 55.6 Å². The van der Waals surface area contributed by atoms with Gasteiger partial charge in [0.15, 0.2) is 0 Å². The van der Waals surface area contributed by atoms with Crippen LogP contribution in [0, 0.1) is 0 Å². The number of anilines is 2. The molecule has 0 aliphatic carbocycles. The molecular weight excluding hydrogens is 360 g/mol. The quantitative estimate of drug-likeness (QED) is 0.605. The molecule has 4 rings (SSSR count). The number of hydrogen-bond acceptors (Lipinski definition) is 6. The van der Waals surface area contributed by atoms with Gasteiger partial charge in [-0.05, 0) is 51.3 Å². The van der Waals surface area contributed by atoms with Gasteiger partial charge < -0.3 is 20.4 Å². The summed E-state index contributed by atoms with van der Waals surface area (Å²) in [6.07, 6.45) is 3.05. The third kappa shape index (κ3) is 4.83. The normalized spacial score (nSPS) is 14.5. The number of para-hydroxylation sites is 1. The molecule has 29 heavy (non-hydrogen) atoms. The Hall–Kier alpha value is -2.70. The molecule has 1 saturated heterocycles. The Morgan fingerprint density at radius 2 is 1.93 bits per heavy atom. The molecule has 3 aromatic rings. The predicted molar refractivity (Wildman–Crippen MR) is 122 cm³/mol. The molecule has 0 spiro atoms. The molecule has 0 amide bonds. The molecular formula is C23H30N6. The molecule has 2 N–H and O–H groups in total. The molecule has 1 aliphatic heterocycles. The van der Waals surface area contributed by atoms with Crippen LogP contribution >= 0.6 is 0 Å². The van der Waals surface area contributed by atoms with Gasteiger partial charge in [-0.2, -0.15) is 0 Å². The number of aromatic nitrogens is 2. The van der Waals surface area contributed by atoms with Crippen LogP contribution in [-0.4, -0.2) is 68.2 Å². The first-order valence-electron chi connectivity index (χ1n) is 10.4. The van der Waals surface area contributed by atoms with Crippen molar-refractivity contribution in [1.29, 1.82) is 0 Å². The van der Waals surface area contributed by atoms with Gasteiger partial charge in [-0.1, -0.05) is 18.2 Å². The lowest BCUT2D eigenvalue weighted by Gasteiger charge is -2.28. The monoisotopic (exact) mass is 390 g/mol. The topological polar surface area (TPSA) is 56.3 Å². The van der Waals surface area contributed by atoms with Gasteiger partial charge in [0.1, 0.15) is 5.82 Å². The van der Waals surface area contributed by atoms with Gasteiger partial charge in [0.2, 0.25) is 0 Å². The van der Waals surface area contributed by atoms with E-state index in [-0.39, 0.29) is 0 Å². The van der Waals surface area contributed by atoms with Crippen molar-refractivity contribution >= 4 is 22.4 Å². The van der Waals surface area contributed by atoms with E-state index in [4.69, 9.17) is 9.97 Å². The average Bonchev–Trinajstić information content (AvgIpc) is 2.77. The number of pyridine rings is 2. The van der Waals surface area contributed by atoms with E-state index in [1.165, 1.54) is 0 Å². The minimum atomic E-state index is 0.936. The van der Waals surface area contributed by atoms with Gasteiger partial charge in [-0.25, -0.2) is 9.97 Å². The highest BCUT2D eigenvalue weighted by Gasteiger charge is 2.12.